The van der Waals surface area contributed by atoms with Gasteiger partial charge in [-0.15, -0.1) is 0 Å². The molecule has 0 aromatic heterocycles. The Morgan fingerprint density at radius 1 is 1.21 bits per heavy atom. The molecule has 0 unspecified atom stereocenters. The van der Waals surface area contributed by atoms with E-state index < -0.39 is 0 Å². The van der Waals surface area contributed by atoms with Crippen LogP contribution in [0.2, 0.25) is 0 Å². The van der Waals surface area contributed by atoms with Crippen molar-refractivity contribution in [1.82, 2.24) is 5.32 Å². The van der Waals surface area contributed by atoms with Crippen LogP contribution in [0.4, 0.5) is 10.5 Å². The number of hydrogen-bond acceptors (Lipinski definition) is 2. The number of carbonyl (C=O) groups excluding carboxylic acids is 1. The van der Waals surface area contributed by atoms with Crippen LogP contribution in [0.15, 0.2) is 42.5 Å². The number of aliphatic hydroxyl groups is 1. The minimum atomic E-state index is -0.294. The molecule has 100 valence electrons. The van der Waals surface area contributed by atoms with Gasteiger partial charge in [0, 0.05) is 5.39 Å². The third-order valence-corrected chi connectivity index (χ3v) is 3.09. The predicted octanol–water partition coefficient (Wildman–Crippen LogP) is 2.73. The molecule has 2 amide bonds. The van der Waals surface area contributed by atoms with Gasteiger partial charge in [0.25, 0.3) is 0 Å². The summed E-state index contributed by atoms with van der Waals surface area (Å²) in [6.07, 6.45) is 0.694. The van der Waals surface area contributed by atoms with Crippen molar-refractivity contribution < 1.29 is 9.90 Å². The molecule has 2 aromatic rings. The topological polar surface area (TPSA) is 61.4 Å². The van der Waals surface area contributed by atoms with Crippen LogP contribution in [0.3, 0.4) is 0 Å². The fourth-order valence-corrected chi connectivity index (χ4v) is 1.96. The number of fused-ring (bicyclic) bond motifs is 1. The van der Waals surface area contributed by atoms with E-state index >= 15 is 0 Å². The van der Waals surface area contributed by atoms with Gasteiger partial charge in [-0.3, -0.25) is 0 Å². The first kappa shape index (κ1) is 13.4. The summed E-state index contributed by atoms with van der Waals surface area (Å²) in [5.41, 5.74) is 0.767. The summed E-state index contributed by atoms with van der Waals surface area (Å²) in [6.45, 7) is 1.86. The third-order valence-electron chi connectivity index (χ3n) is 3.09. The largest absolute Gasteiger partial charge is 0.394 e. The number of nitrogens with one attached hydrogen (secondary N) is 2. The van der Waals surface area contributed by atoms with E-state index in [1.807, 2.05) is 49.4 Å². The highest BCUT2D eigenvalue weighted by Crippen LogP contribution is 2.22. The van der Waals surface area contributed by atoms with Crippen LogP contribution >= 0.6 is 0 Å². The van der Waals surface area contributed by atoms with Gasteiger partial charge in [-0.25, -0.2) is 4.79 Å². The van der Waals surface area contributed by atoms with E-state index in [9.17, 15) is 4.79 Å². The van der Waals surface area contributed by atoms with Crippen molar-refractivity contribution in [2.24, 2.45) is 0 Å². The monoisotopic (exact) mass is 258 g/mol. The average Bonchev–Trinajstić information content (AvgIpc) is 2.45. The lowest BCUT2D eigenvalue weighted by molar-refractivity contribution is 0.222. The molecule has 1 atom stereocenters. The van der Waals surface area contributed by atoms with Gasteiger partial charge in [0.2, 0.25) is 0 Å². The molecular weight excluding hydrogens is 240 g/mol. The van der Waals surface area contributed by atoms with Crippen molar-refractivity contribution in [2.75, 3.05) is 11.9 Å². The summed E-state index contributed by atoms with van der Waals surface area (Å²) in [6, 6.07) is 13.1. The summed E-state index contributed by atoms with van der Waals surface area (Å²) in [5, 5.41) is 16.7. The third kappa shape index (κ3) is 3.23. The van der Waals surface area contributed by atoms with Crippen LogP contribution in [-0.4, -0.2) is 23.8 Å². The summed E-state index contributed by atoms with van der Waals surface area (Å²) in [5.74, 6) is 0. The lowest BCUT2D eigenvalue weighted by Crippen LogP contribution is -2.39. The zero-order valence-corrected chi connectivity index (χ0v) is 10.9. The molecule has 4 heteroatoms. The molecule has 0 aliphatic carbocycles. The standard InChI is InChI=1S/C15H18N2O2/c1-2-12(10-18)16-15(19)17-14-9-5-7-11-6-3-4-8-13(11)14/h3-9,12,18H,2,10H2,1H3,(H2,16,17,19)/t12-/m1/s1. The maximum Gasteiger partial charge on any atom is 0.319 e. The fourth-order valence-electron chi connectivity index (χ4n) is 1.96. The Hall–Kier alpha value is -2.07. The summed E-state index contributed by atoms with van der Waals surface area (Å²) in [4.78, 5) is 11.9. The highest BCUT2D eigenvalue weighted by molar-refractivity contribution is 6.01. The number of rotatable bonds is 4. The molecule has 2 aromatic carbocycles. The van der Waals surface area contributed by atoms with Gasteiger partial charge >= 0.3 is 6.03 Å². The van der Waals surface area contributed by atoms with Crippen molar-refractivity contribution in [1.29, 1.82) is 0 Å². The quantitative estimate of drug-likeness (QED) is 0.789. The normalized spacial score (nSPS) is 12.1. The number of amides is 2. The van der Waals surface area contributed by atoms with Crippen molar-refractivity contribution in [2.45, 2.75) is 19.4 Å². The Labute approximate surface area is 112 Å². The van der Waals surface area contributed by atoms with Gasteiger partial charge in [0.1, 0.15) is 0 Å². The summed E-state index contributed by atoms with van der Waals surface area (Å²) < 4.78 is 0. The Morgan fingerprint density at radius 3 is 2.68 bits per heavy atom. The van der Waals surface area contributed by atoms with E-state index in [2.05, 4.69) is 10.6 Å². The number of anilines is 1. The molecule has 0 bridgehead atoms. The van der Waals surface area contributed by atoms with Crippen LogP contribution in [0.25, 0.3) is 10.8 Å². The van der Waals surface area contributed by atoms with Crippen molar-refractivity contribution in [3.8, 4) is 0 Å². The molecule has 2 rings (SSSR count). The molecule has 4 nitrogen and oxygen atoms in total. The van der Waals surface area contributed by atoms with Crippen LogP contribution in [0.1, 0.15) is 13.3 Å². The molecular formula is C15H18N2O2. The smallest absolute Gasteiger partial charge is 0.319 e. The number of aliphatic hydroxyl groups excluding tert-OH is 1. The van der Waals surface area contributed by atoms with Crippen molar-refractivity contribution in [3.05, 3.63) is 42.5 Å². The van der Waals surface area contributed by atoms with E-state index in [0.717, 1.165) is 16.5 Å². The molecule has 0 fully saturated rings. The van der Waals surface area contributed by atoms with Gasteiger partial charge in [-0.2, -0.15) is 0 Å². The first-order valence-corrected chi connectivity index (χ1v) is 6.40. The first-order chi connectivity index (χ1) is 9.24. The van der Waals surface area contributed by atoms with Crippen LogP contribution in [0, 0.1) is 0 Å². The number of benzene rings is 2. The molecule has 0 saturated heterocycles. The Kier molecular flexibility index (Phi) is 4.36. The molecule has 19 heavy (non-hydrogen) atoms. The zero-order chi connectivity index (χ0) is 13.7. The molecule has 0 aliphatic heterocycles. The van der Waals surface area contributed by atoms with E-state index in [1.165, 1.54) is 0 Å². The predicted molar refractivity (Wildman–Crippen MR) is 77.3 cm³/mol. The number of urea groups is 1. The summed E-state index contributed by atoms with van der Waals surface area (Å²) >= 11 is 0. The minimum Gasteiger partial charge on any atom is -0.394 e. The second kappa shape index (κ2) is 6.20. The maximum absolute atomic E-state index is 11.9. The first-order valence-electron chi connectivity index (χ1n) is 6.40. The molecule has 0 spiro atoms. The second-order valence-corrected chi connectivity index (χ2v) is 4.41. The van der Waals surface area contributed by atoms with E-state index in [1.54, 1.807) is 0 Å². The number of hydrogen-bond donors (Lipinski definition) is 3. The molecule has 0 aliphatic rings. The van der Waals surface area contributed by atoms with Gasteiger partial charge in [-0.1, -0.05) is 43.3 Å². The lowest BCUT2D eigenvalue weighted by Gasteiger charge is -2.15. The lowest BCUT2D eigenvalue weighted by atomic mass is 10.1. The van der Waals surface area contributed by atoms with E-state index in [0.29, 0.717) is 6.42 Å². The minimum absolute atomic E-state index is 0.0561. The highest BCUT2D eigenvalue weighted by Gasteiger charge is 2.10. The van der Waals surface area contributed by atoms with Crippen LogP contribution < -0.4 is 10.6 Å². The van der Waals surface area contributed by atoms with Crippen molar-refractivity contribution >= 4 is 22.5 Å². The van der Waals surface area contributed by atoms with E-state index in [-0.39, 0.29) is 18.7 Å². The molecule has 0 heterocycles. The fraction of sp³-hybridized carbons (Fsp3) is 0.267. The maximum atomic E-state index is 11.9. The Morgan fingerprint density at radius 2 is 1.95 bits per heavy atom. The molecule has 3 N–H and O–H groups in total. The zero-order valence-electron chi connectivity index (χ0n) is 10.9. The van der Waals surface area contributed by atoms with Crippen molar-refractivity contribution in [3.63, 3.8) is 0 Å². The van der Waals surface area contributed by atoms with Crippen LogP contribution in [-0.2, 0) is 0 Å². The van der Waals surface area contributed by atoms with Crippen LogP contribution in [0.5, 0.6) is 0 Å². The summed E-state index contributed by atoms with van der Waals surface area (Å²) in [7, 11) is 0. The second-order valence-electron chi connectivity index (χ2n) is 4.41. The average molecular weight is 258 g/mol. The van der Waals surface area contributed by atoms with Gasteiger partial charge < -0.3 is 15.7 Å². The Balaban J connectivity index is 2.15. The Bertz CT molecular complexity index is 560. The number of carbonyl (C=O) groups is 1. The molecule has 0 radical (unpaired) electrons. The van der Waals surface area contributed by atoms with E-state index in [4.69, 9.17) is 5.11 Å². The SMILES string of the molecule is CC[C@H](CO)NC(=O)Nc1cccc2ccccc12. The highest BCUT2D eigenvalue weighted by atomic mass is 16.3. The van der Waals surface area contributed by atoms with Gasteiger partial charge in [-0.05, 0) is 17.9 Å². The van der Waals surface area contributed by atoms with Gasteiger partial charge in [0.05, 0.1) is 18.3 Å². The molecule has 0 saturated carbocycles. The van der Waals surface area contributed by atoms with Gasteiger partial charge in [0.15, 0.2) is 0 Å².